The number of rotatable bonds is 5. The number of aromatic nitrogens is 1. The van der Waals surface area contributed by atoms with E-state index >= 15 is 0 Å². The Morgan fingerprint density at radius 3 is 3.11 bits per heavy atom. The Balaban J connectivity index is 1.85. The molecule has 1 heterocycles. The van der Waals surface area contributed by atoms with Crippen molar-refractivity contribution < 1.29 is 9.53 Å². The van der Waals surface area contributed by atoms with E-state index in [-0.39, 0.29) is 5.91 Å². The van der Waals surface area contributed by atoms with Gasteiger partial charge in [0.1, 0.15) is 5.75 Å². The molecule has 0 saturated heterocycles. The van der Waals surface area contributed by atoms with E-state index in [9.17, 15) is 4.79 Å². The highest BCUT2D eigenvalue weighted by atomic mass is 32.1. The van der Waals surface area contributed by atoms with E-state index in [2.05, 4.69) is 10.3 Å². The van der Waals surface area contributed by atoms with Crippen LogP contribution in [-0.4, -0.2) is 18.0 Å². The summed E-state index contributed by atoms with van der Waals surface area (Å²) in [6.07, 6.45) is 2.80. The molecule has 0 bridgehead atoms. The van der Waals surface area contributed by atoms with Crippen LogP contribution in [-0.2, 0) is 11.2 Å². The molecular weight excluding hydrogens is 248 g/mol. The molecule has 0 fully saturated rings. The molecule has 1 aromatic heterocycles. The van der Waals surface area contributed by atoms with Crippen LogP contribution in [0.25, 0.3) is 0 Å². The van der Waals surface area contributed by atoms with Gasteiger partial charge in [0.25, 0.3) is 0 Å². The summed E-state index contributed by atoms with van der Waals surface area (Å²) in [5.41, 5.74) is 1.09. The zero-order valence-corrected chi connectivity index (χ0v) is 10.9. The van der Waals surface area contributed by atoms with Crippen molar-refractivity contribution in [2.45, 2.75) is 12.8 Å². The maximum absolute atomic E-state index is 11.7. The van der Waals surface area contributed by atoms with Gasteiger partial charge in [0.2, 0.25) is 5.91 Å². The third-order valence-electron chi connectivity index (χ3n) is 2.45. The summed E-state index contributed by atoms with van der Waals surface area (Å²) >= 11 is 1.42. The fraction of sp³-hybridized carbons (Fsp3) is 0.231. The lowest BCUT2D eigenvalue weighted by Crippen LogP contribution is -2.12. The van der Waals surface area contributed by atoms with Gasteiger partial charge in [-0.25, -0.2) is 4.98 Å². The average molecular weight is 262 g/mol. The number of nitrogens with zero attached hydrogens (tertiary/aromatic N) is 1. The Hall–Kier alpha value is -1.88. The van der Waals surface area contributed by atoms with Gasteiger partial charge in [-0.15, -0.1) is 11.3 Å². The van der Waals surface area contributed by atoms with Crippen LogP contribution in [0.15, 0.2) is 35.8 Å². The van der Waals surface area contributed by atoms with Gasteiger partial charge in [0.05, 0.1) is 7.11 Å². The second-order valence-corrected chi connectivity index (χ2v) is 4.63. The lowest BCUT2D eigenvalue weighted by molar-refractivity contribution is -0.116. The van der Waals surface area contributed by atoms with Crippen LogP contribution >= 0.6 is 11.3 Å². The topological polar surface area (TPSA) is 51.2 Å². The zero-order valence-electron chi connectivity index (χ0n) is 10.1. The van der Waals surface area contributed by atoms with Crippen molar-refractivity contribution in [3.05, 3.63) is 41.4 Å². The summed E-state index contributed by atoms with van der Waals surface area (Å²) in [5.74, 6) is 0.792. The van der Waals surface area contributed by atoms with Crippen molar-refractivity contribution >= 4 is 22.4 Å². The first-order valence-corrected chi connectivity index (χ1v) is 6.48. The Morgan fingerprint density at radius 2 is 2.39 bits per heavy atom. The van der Waals surface area contributed by atoms with Gasteiger partial charge in [-0.1, -0.05) is 12.1 Å². The maximum atomic E-state index is 11.7. The molecule has 0 saturated carbocycles. The molecule has 0 aliphatic carbocycles. The van der Waals surface area contributed by atoms with Crippen molar-refractivity contribution in [2.75, 3.05) is 12.4 Å². The van der Waals surface area contributed by atoms with Crippen LogP contribution in [0.1, 0.15) is 12.0 Å². The first-order chi connectivity index (χ1) is 8.78. The molecule has 1 N–H and O–H groups in total. The number of carbonyl (C=O) groups is 1. The van der Waals surface area contributed by atoms with Crippen molar-refractivity contribution in [1.29, 1.82) is 0 Å². The molecule has 0 aliphatic heterocycles. The number of carbonyl (C=O) groups excluding carboxylic acids is 1. The molecule has 0 spiro atoms. The Morgan fingerprint density at radius 1 is 1.50 bits per heavy atom. The lowest BCUT2D eigenvalue weighted by atomic mass is 10.1. The van der Waals surface area contributed by atoms with Gasteiger partial charge < -0.3 is 10.1 Å². The fourth-order valence-corrected chi connectivity index (χ4v) is 2.10. The van der Waals surface area contributed by atoms with Crippen molar-refractivity contribution in [1.82, 2.24) is 4.98 Å². The van der Waals surface area contributed by atoms with Crippen LogP contribution in [0, 0.1) is 0 Å². The number of benzene rings is 1. The predicted octanol–water partition coefficient (Wildman–Crippen LogP) is 2.72. The van der Waals surface area contributed by atoms with Gasteiger partial charge >= 0.3 is 0 Å². The minimum Gasteiger partial charge on any atom is -0.497 e. The second kappa shape index (κ2) is 6.16. The summed E-state index contributed by atoms with van der Waals surface area (Å²) in [5, 5.41) is 5.23. The molecule has 2 aromatic rings. The minimum absolute atomic E-state index is 0.0206. The summed E-state index contributed by atoms with van der Waals surface area (Å²) in [6.45, 7) is 0. The molecule has 0 atom stereocenters. The van der Waals surface area contributed by atoms with Crippen LogP contribution in [0.4, 0.5) is 5.13 Å². The standard InChI is InChI=1S/C13H14N2O2S/c1-17-11-4-2-3-10(9-11)5-6-12(16)15-13-14-7-8-18-13/h2-4,7-9H,5-6H2,1H3,(H,14,15,16). The number of ether oxygens (including phenoxy) is 1. The molecule has 0 aliphatic rings. The van der Waals surface area contributed by atoms with Crippen LogP contribution in [0.5, 0.6) is 5.75 Å². The van der Waals surface area contributed by atoms with E-state index in [0.29, 0.717) is 18.0 Å². The Labute approximate surface area is 110 Å². The van der Waals surface area contributed by atoms with Crippen LogP contribution in [0.3, 0.4) is 0 Å². The first kappa shape index (κ1) is 12.6. The highest BCUT2D eigenvalue weighted by Crippen LogP contribution is 2.15. The molecule has 2 rings (SSSR count). The molecule has 94 valence electrons. The fourth-order valence-electron chi connectivity index (χ4n) is 1.55. The normalized spacial score (nSPS) is 10.1. The second-order valence-electron chi connectivity index (χ2n) is 3.74. The SMILES string of the molecule is COc1cccc(CCC(=O)Nc2nccs2)c1. The molecule has 1 aromatic carbocycles. The van der Waals surface area contributed by atoms with Crippen molar-refractivity contribution in [2.24, 2.45) is 0 Å². The number of anilines is 1. The van der Waals surface area contributed by atoms with Crippen LogP contribution in [0.2, 0.25) is 0 Å². The number of hydrogen-bond donors (Lipinski definition) is 1. The Kier molecular flexibility index (Phi) is 4.30. The van der Waals surface area contributed by atoms with E-state index in [1.165, 1.54) is 11.3 Å². The smallest absolute Gasteiger partial charge is 0.226 e. The van der Waals surface area contributed by atoms with Gasteiger partial charge in [0.15, 0.2) is 5.13 Å². The third-order valence-corrected chi connectivity index (χ3v) is 3.14. The summed E-state index contributed by atoms with van der Waals surface area (Å²) in [6, 6.07) is 7.74. The van der Waals surface area contributed by atoms with Gasteiger partial charge in [-0.3, -0.25) is 4.79 Å². The minimum atomic E-state index is -0.0206. The summed E-state index contributed by atoms with van der Waals surface area (Å²) < 4.78 is 5.14. The van der Waals surface area contributed by atoms with Gasteiger partial charge in [0, 0.05) is 18.0 Å². The molecule has 4 nitrogen and oxygen atoms in total. The average Bonchev–Trinajstić information content (AvgIpc) is 2.89. The highest BCUT2D eigenvalue weighted by Gasteiger charge is 2.05. The molecule has 0 unspecified atom stereocenters. The molecule has 1 amide bonds. The highest BCUT2D eigenvalue weighted by molar-refractivity contribution is 7.13. The molecular formula is C13H14N2O2S. The molecule has 18 heavy (non-hydrogen) atoms. The third kappa shape index (κ3) is 3.56. The number of nitrogens with one attached hydrogen (secondary N) is 1. The van der Waals surface area contributed by atoms with Crippen molar-refractivity contribution in [3.8, 4) is 5.75 Å². The van der Waals surface area contributed by atoms with Crippen molar-refractivity contribution in [3.63, 3.8) is 0 Å². The Bertz CT molecular complexity index is 511. The van der Waals surface area contributed by atoms with Crippen LogP contribution < -0.4 is 10.1 Å². The number of aryl methyl sites for hydroxylation is 1. The van der Waals surface area contributed by atoms with Gasteiger partial charge in [-0.2, -0.15) is 0 Å². The van der Waals surface area contributed by atoms with E-state index in [1.54, 1.807) is 13.3 Å². The molecule has 0 radical (unpaired) electrons. The van der Waals surface area contributed by atoms with E-state index in [1.807, 2.05) is 29.6 Å². The number of methoxy groups -OCH3 is 1. The lowest BCUT2D eigenvalue weighted by Gasteiger charge is -2.04. The number of hydrogen-bond acceptors (Lipinski definition) is 4. The quantitative estimate of drug-likeness (QED) is 0.901. The van der Waals surface area contributed by atoms with E-state index in [4.69, 9.17) is 4.74 Å². The van der Waals surface area contributed by atoms with Gasteiger partial charge in [-0.05, 0) is 24.1 Å². The summed E-state index contributed by atoms with van der Waals surface area (Å²) in [7, 11) is 1.63. The molecule has 5 heteroatoms. The van der Waals surface area contributed by atoms with E-state index < -0.39 is 0 Å². The number of amides is 1. The largest absolute Gasteiger partial charge is 0.497 e. The summed E-state index contributed by atoms with van der Waals surface area (Å²) in [4.78, 5) is 15.7. The monoisotopic (exact) mass is 262 g/mol. The number of thiazole rings is 1. The zero-order chi connectivity index (χ0) is 12.8. The predicted molar refractivity (Wildman–Crippen MR) is 72.1 cm³/mol. The maximum Gasteiger partial charge on any atom is 0.226 e. The van der Waals surface area contributed by atoms with E-state index in [0.717, 1.165) is 11.3 Å². The first-order valence-electron chi connectivity index (χ1n) is 5.60.